The molecule has 0 radical (unpaired) electrons. The van der Waals surface area contributed by atoms with Crippen LogP contribution in [0.2, 0.25) is 0 Å². The van der Waals surface area contributed by atoms with E-state index >= 15 is 0 Å². The Morgan fingerprint density at radius 3 is 2.19 bits per heavy atom. The van der Waals surface area contributed by atoms with Crippen molar-refractivity contribution in [1.82, 2.24) is 0 Å². The zero-order valence-corrected chi connectivity index (χ0v) is 9.78. The van der Waals surface area contributed by atoms with Gasteiger partial charge in [0.05, 0.1) is 13.7 Å². The highest BCUT2D eigenvalue weighted by atomic mass is 16.5. The molecule has 0 aromatic carbocycles. The molecule has 0 fully saturated rings. The first-order valence-electron chi connectivity index (χ1n) is 5.28. The molecule has 5 heteroatoms. The lowest BCUT2D eigenvalue weighted by molar-refractivity contribution is -0.142. The molecule has 0 aliphatic carbocycles. The van der Waals surface area contributed by atoms with Gasteiger partial charge >= 0.3 is 11.9 Å². The van der Waals surface area contributed by atoms with E-state index in [1.54, 1.807) is 0 Å². The lowest BCUT2D eigenvalue weighted by Gasteiger charge is -2.01. The van der Waals surface area contributed by atoms with Crippen molar-refractivity contribution in [3.63, 3.8) is 0 Å². The van der Waals surface area contributed by atoms with Crippen molar-refractivity contribution in [3.8, 4) is 0 Å². The van der Waals surface area contributed by atoms with E-state index in [0.717, 1.165) is 0 Å². The highest BCUT2D eigenvalue weighted by Gasteiger charge is 2.05. The third-order valence-electron chi connectivity index (χ3n) is 2.00. The first-order valence-corrected chi connectivity index (χ1v) is 5.28. The van der Waals surface area contributed by atoms with Crippen molar-refractivity contribution in [2.45, 2.75) is 39.0 Å². The molecule has 0 saturated carbocycles. The van der Waals surface area contributed by atoms with Gasteiger partial charge in [-0.2, -0.15) is 0 Å². The summed E-state index contributed by atoms with van der Waals surface area (Å²) in [5.41, 5.74) is 0. The molecule has 0 heterocycles. The van der Waals surface area contributed by atoms with Gasteiger partial charge in [0.1, 0.15) is 5.78 Å². The van der Waals surface area contributed by atoms with Crippen LogP contribution in [-0.2, 0) is 23.9 Å². The van der Waals surface area contributed by atoms with Crippen LogP contribution in [0.5, 0.6) is 0 Å². The third-order valence-corrected chi connectivity index (χ3v) is 2.00. The predicted octanol–water partition coefficient (Wildman–Crippen LogP) is 1.24. The smallest absolute Gasteiger partial charge is 0.305 e. The first kappa shape index (κ1) is 14.6. The second-order valence-corrected chi connectivity index (χ2v) is 3.41. The maximum absolute atomic E-state index is 11.2. The zero-order chi connectivity index (χ0) is 12.4. The summed E-state index contributed by atoms with van der Waals surface area (Å²) >= 11 is 0. The van der Waals surface area contributed by atoms with Gasteiger partial charge in [0, 0.05) is 26.2 Å². The van der Waals surface area contributed by atoms with Gasteiger partial charge in [-0.15, -0.1) is 0 Å². The van der Waals surface area contributed by atoms with Gasteiger partial charge < -0.3 is 9.47 Å². The Hall–Kier alpha value is -1.39. The van der Waals surface area contributed by atoms with Crippen molar-refractivity contribution in [2.24, 2.45) is 0 Å². The predicted molar refractivity (Wildman–Crippen MR) is 56.7 cm³/mol. The Labute approximate surface area is 95.1 Å². The molecule has 0 amide bonds. The van der Waals surface area contributed by atoms with E-state index in [1.807, 2.05) is 0 Å². The molecule has 0 aliphatic rings. The van der Waals surface area contributed by atoms with Crippen LogP contribution >= 0.6 is 0 Å². The second-order valence-electron chi connectivity index (χ2n) is 3.41. The van der Waals surface area contributed by atoms with Gasteiger partial charge in [-0.25, -0.2) is 0 Å². The molecular weight excluding hydrogens is 212 g/mol. The fraction of sp³-hybridized carbons (Fsp3) is 0.727. The summed E-state index contributed by atoms with van der Waals surface area (Å²) < 4.78 is 9.11. The third kappa shape index (κ3) is 9.18. The van der Waals surface area contributed by atoms with Crippen LogP contribution in [0.25, 0.3) is 0 Å². The van der Waals surface area contributed by atoms with Gasteiger partial charge in [-0.05, 0) is 12.8 Å². The van der Waals surface area contributed by atoms with E-state index < -0.39 is 0 Å². The van der Waals surface area contributed by atoms with E-state index in [9.17, 15) is 14.4 Å². The Bertz CT molecular complexity index is 247. The molecular formula is C11H18O5. The van der Waals surface area contributed by atoms with E-state index in [4.69, 9.17) is 0 Å². The molecule has 0 unspecified atom stereocenters. The van der Waals surface area contributed by atoms with Crippen LogP contribution < -0.4 is 0 Å². The van der Waals surface area contributed by atoms with Crippen molar-refractivity contribution < 1.29 is 23.9 Å². The number of rotatable bonds is 8. The quantitative estimate of drug-likeness (QED) is 0.463. The number of carbonyl (C=O) groups excluding carboxylic acids is 3. The summed E-state index contributed by atoms with van der Waals surface area (Å²) in [6, 6.07) is 0. The Kier molecular flexibility index (Phi) is 8.11. The molecule has 0 aromatic heterocycles. The minimum Gasteiger partial charge on any atom is -0.469 e. The summed E-state index contributed by atoms with van der Waals surface area (Å²) in [7, 11) is 1.34. The highest BCUT2D eigenvalue weighted by molar-refractivity contribution is 5.78. The van der Waals surface area contributed by atoms with Crippen LogP contribution in [-0.4, -0.2) is 31.4 Å². The van der Waals surface area contributed by atoms with Gasteiger partial charge in [0.2, 0.25) is 0 Å². The molecule has 92 valence electrons. The second kappa shape index (κ2) is 8.88. The summed E-state index contributed by atoms with van der Waals surface area (Å²) in [6.45, 7) is 1.45. The Morgan fingerprint density at radius 1 is 1.00 bits per heavy atom. The average Bonchev–Trinajstić information content (AvgIpc) is 2.23. The number of hydrogen-bond donors (Lipinski definition) is 0. The molecule has 0 aromatic rings. The molecule has 16 heavy (non-hydrogen) atoms. The van der Waals surface area contributed by atoms with Gasteiger partial charge in [-0.1, -0.05) is 0 Å². The molecule has 5 nitrogen and oxygen atoms in total. The Balaban J connectivity index is 3.37. The van der Waals surface area contributed by atoms with Crippen LogP contribution in [0, 0.1) is 0 Å². The lowest BCUT2D eigenvalue weighted by Crippen LogP contribution is -2.07. The maximum Gasteiger partial charge on any atom is 0.305 e. The number of unbranched alkanes of at least 4 members (excludes halogenated alkanes) is 1. The minimum absolute atomic E-state index is 0.0473. The average molecular weight is 230 g/mol. The molecule has 0 bridgehead atoms. The number of carbonyl (C=O) groups is 3. The molecule has 0 rings (SSSR count). The molecule has 0 spiro atoms. The number of ether oxygens (including phenoxy) is 2. The van der Waals surface area contributed by atoms with Crippen LogP contribution in [0.15, 0.2) is 0 Å². The van der Waals surface area contributed by atoms with Gasteiger partial charge in [-0.3, -0.25) is 14.4 Å². The number of methoxy groups -OCH3 is 1. The zero-order valence-electron chi connectivity index (χ0n) is 9.78. The van der Waals surface area contributed by atoms with Crippen LogP contribution in [0.3, 0.4) is 0 Å². The van der Waals surface area contributed by atoms with E-state index in [0.29, 0.717) is 25.7 Å². The van der Waals surface area contributed by atoms with Crippen LogP contribution in [0.1, 0.15) is 39.0 Å². The molecule has 0 aliphatic heterocycles. The summed E-state index contributed by atoms with van der Waals surface area (Å²) in [5, 5.41) is 0. The topological polar surface area (TPSA) is 69.7 Å². The van der Waals surface area contributed by atoms with E-state index in [-0.39, 0.29) is 30.7 Å². The van der Waals surface area contributed by atoms with Crippen molar-refractivity contribution in [3.05, 3.63) is 0 Å². The minimum atomic E-state index is -0.376. The SMILES string of the molecule is COC(=O)CCCCC(=O)CCOC(C)=O. The largest absolute Gasteiger partial charge is 0.469 e. The fourth-order valence-corrected chi connectivity index (χ4v) is 1.13. The van der Waals surface area contributed by atoms with Crippen molar-refractivity contribution in [1.29, 1.82) is 0 Å². The summed E-state index contributed by atoms with van der Waals surface area (Å²) in [4.78, 5) is 32.4. The monoisotopic (exact) mass is 230 g/mol. The summed E-state index contributed by atoms with van der Waals surface area (Å²) in [6.07, 6.45) is 2.31. The fourth-order valence-electron chi connectivity index (χ4n) is 1.13. The van der Waals surface area contributed by atoms with Crippen molar-refractivity contribution in [2.75, 3.05) is 13.7 Å². The molecule has 0 saturated heterocycles. The number of esters is 2. The summed E-state index contributed by atoms with van der Waals surface area (Å²) in [5.74, 6) is -0.586. The normalized spacial score (nSPS) is 9.62. The number of hydrogen-bond acceptors (Lipinski definition) is 5. The highest BCUT2D eigenvalue weighted by Crippen LogP contribution is 2.03. The standard InChI is InChI=1S/C11H18O5/c1-9(12)16-8-7-10(13)5-3-4-6-11(14)15-2/h3-8H2,1-2H3. The maximum atomic E-state index is 11.2. The van der Waals surface area contributed by atoms with Gasteiger partial charge in [0.25, 0.3) is 0 Å². The van der Waals surface area contributed by atoms with Crippen LogP contribution in [0.4, 0.5) is 0 Å². The lowest BCUT2D eigenvalue weighted by atomic mass is 10.1. The number of ketones is 1. The van der Waals surface area contributed by atoms with Crippen molar-refractivity contribution >= 4 is 17.7 Å². The first-order chi connectivity index (χ1) is 7.56. The van der Waals surface area contributed by atoms with Gasteiger partial charge in [0.15, 0.2) is 0 Å². The molecule has 0 atom stereocenters. The van der Waals surface area contributed by atoms with E-state index in [1.165, 1.54) is 14.0 Å². The Morgan fingerprint density at radius 2 is 1.62 bits per heavy atom. The van der Waals surface area contributed by atoms with E-state index in [2.05, 4.69) is 9.47 Å². The number of Topliss-reactive ketones (excluding diaryl/α,β-unsaturated/α-hetero) is 1. The molecule has 0 N–H and O–H groups in total.